The summed E-state index contributed by atoms with van der Waals surface area (Å²) in [6, 6.07) is 0. The SMILES string of the molecule is CNc1nc(Cl)nc2c1CCN2. The summed E-state index contributed by atoms with van der Waals surface area (Å²) in [6.07, 6.45) is 0.961. The van der Waals surface area contributed by atoms with E-state index in [0.29, 0.717) is 0 Å². The predicted octanol–water partition coefficient (Wildman–Crippen LogP) is 1.14. The molecule has 2 rings (SSSR count). The maximum atomic E-state index is 5.71. The highest BCUT2D eigenvalue weighted by Crippen LogP contribution is 2.26. The zero-order chi connectivity index (χ0) is 8.55. The number of fused-ring (bicyclic) bond motifs is 1. The fraction of sp³-hybridized carbons (Fsp3) is 0.429. The molecule has 0 aliphatic carbocycles. The van der Waals surface area contributed by atoms with E-state index in [1.54, 1.807) is 0 Å². The van der Waals surface area contributed by atoms with Crippen LogP contribution in [-0.2, 0) is 6.42 Å². The summed E-state index contributed by atoms with van der Waals surface area (Å²) < 4.78 is 0. The Morgan fingerprint density at radius 1 is 1.50 bits per heavy atom. The van der Waals surface area contributed by atoms with Crippen LogP contribution in [-0.4, -0.2) is 23.6 Å². The number of rotatable bonds is 1. The molecule has 0 bridgehead atoms. The minimum Gasteiger partial charge on any atom is -0.373 e. The van der Waals surface area contributed by atoms with Gasteiger partial charge in [0.15, 0.2) is 0 Å². The van der Waals surface area contributed by atoms with Crippen molar-refractivity contribution in [3.05, 3.63) is 10.8 Å². The van der Waals surface area contributed by atoms with Gasteiger partial charge in [0.1, 0.15) is 11.6 Å². The summed E-state index contributed by atoms with van der Waals surface area (Å²) in [5.74, 6) is 1.69. The Labute approximate surface area is 75.4 Å². The second-order valence-corrected chi connectivity index (χ2v) is 2.93. The molecule has 64 valence electrons. The molecule has 12 heavy (non-hydrogen) atoms. The molecule has 0 spiro atoms. The zero-order valence-corrected chi connectivity index (χ0v) is 7.44. The summed E-state index contributed by atoms with van der Waals surface area (Å²) in [5.41, 5.74) is 1.13. The van der Waals surface area contributed by atoms with Crippen molar-refractivity contribution in [2.75, 3.05) is 24.2 Å². The van der Waals surface area contributed by atoms with Gasteiger partial charge in [-0.1, -0.05) is 0 Å². The number of hydrogen-bond donors (Lipinski definition) is 2. The van der Waals surface area contributed by atoms with Gasteiger partial charge in [-0.25, -0.2) is 9.97 Å². The molecule has 1 aromatic rings. The van der Waals surface area contributed by atoms with Crippen LogP contribution in [0.15, 0.2) is 0 Å². The average molecular weight is 185 g/mol. The van der Waals surface area contributed by atoms with Crippen LogP contribution in [0, 0.1) is 0 Å². The van der Waals surface area contributed by atoms with E-state index in [2.05, 4.69) is 20.6 Å². The van der Waals surface area contributed by atoms with Crippen LogP contribution in [0.4, 0.5) is 11.6 Å². The van der Waals surface area contributed by atoms with E-state index in [-0.39, 0.29) is 5.28 Å². The van der Waals surface area contributed by atoms with Crippen LogP contribution in [0.5, 0.6) is 0 Å². The lowest BCUT2D eigenvalue weighted by atomic mass is 10.2. The molecule has 4 nitrogen and oxygen atoms in total. The highest BCUT2D eigenvalue weighted by molar-refractivity contribution is 6.28. The summed E-state index contributed by atoms with van der Waals surface area (Å²) >= 11 is 5.71. The third-order valence-electron chi connectivity index (χ3n) is 1.88. The van der Waals surface area contributed by atoms with Gasteiger partial charge < -0.3 is 10.6 Å². The standard InChI is InChI=1S/C7H9ClN4/c1-9-5-4-2-3-10-6(4)12-7(8)11-5/h2-3H2,1H3,(H2,9,10,11,12). The Balaban J connectivity index is 2.55. The lowest BCUT2D eigenvalue weighted by molar-refractivity contribution is 1.08. The smallest absolute Gasteiger partial charge is 0.226 e. The van der Waals surface area contributed by atoms with Crippen molar-refractivity contribution in [2.45, 2.75) is 6.42 Å². The third-order valence-corrected chi connectivity index (χ3v) is 2.05. The lowest BCUT2D eigenvalue weighted by Gasteiger charge is -2.04. The minimum absolute atomic E-state index is 0.285. The van der Waals surface area contributed by atoms with Crippen LogP contribution in [0.25, 0.3) is 0 Å². The Hall–Kier alpha value is -1.03. The molecule has 0 radical (unpaired) electrons. The van der Waals surface area contributed by atoms with Gasteiger partial charge >= 0.3 is 0 Å². The first-order chi connectivity index (χ1) is 5.81. The van der Waals surface area contributed by atoms with Gasteiger partial charge in [-0.2, -0.15) is 0 Å². The topological polar surface area (TPSA) is 49.8 Å². The van der Waals surface area contributed by atoms with Crippen LogP contribution in [0.2, 0.25) is 5.28 Å². The first kappa shape index (κ1) is 7.61. The Morgan fingerprint density at radius 3 is 3.08 bits per heavy atom. The van der Waals surface area contributed by atoms with Crippen LogP contribution in [0.1, 0.15) is 5.56 Å². The van der Waals surface area contributed by atoms with Crippen LogP contribution in [0.3, 0.4) is 0 Å². The first-order valence-corrected chi connectivity index (χ1v) is 4.17. The van der Waals surface area contributed by atoms with E-state index in [1.807, 2.05) is 7.05 Å². The van der Waals surface area contributed by atoms with Gasteiger partial charge in [-0.3, -0.25) is 0 Å². The Kier molecular flexibility index (Phi) is 1.77. The maximum Gasteiger partial charge on any atom is 0.226 e. The van der Waals surface area contributed by atoms with Gasteiger partial charge in [0.2, 0.25) is 5.28 Å². The monoisotopic (exact) mass is 184 g/mol. The minimum atomic E-state index is 0.285. The molecule has 1 aromatic heterocycles. The van der Waals surface area contributed by atoms with Gasteiger partial charge in [-0.05, 0) is 18.0 Å². The normalized spacial score (nSPS) is 13.8. The van der Waals surface area contributed by atoms with Crippen molar-refractivity contribution in [3.8, 4) is 0 Å². The Bertz CT molecular complexity index is 313. The van der Waals surface area contributed by atoms with Crippen molar-refractivity contribution < 1.29 is 0 Å². The van der Waals surface area contributed by atoms with E-state index in [9.17, 15) is 0 Å². The number of nitrogens with one attached hydrogen (secondary N) is 2. The van der Waals surface area contributed by atoms with Crippen molar-refractivity contribution in [1.29, 1.82) is 0 Å². The Morgan fingerprint density at radius 2 is 2.33 bits per heavy atom. The molecule has 0 aromatic carbocycles. The average Bonchev–Trinajstić information content (AvgIpc) is 2.50. The maximum absolute atomic E-state index is 5.71. The molecular formula is C7H9ClN4. The van der Waals surface area contributed by atoms with Crippen molar-refractivity contribution >= 4 is 23.2 Å². The number of anilines is 2. The molecule has 0 saturated heterocycles. The summed E-state index contributed by atoms with van der Waals surface area (Å²) in [4.78, 5) is 8.13. The molecule has 2 heterocycles. The second kappa shape index (κ2) is 2.79. The number of hydrogen-bond acceptors (Lipinski definition) is 4. The van der Waals surface area contributed by atoms with E-state index in [4.69, 9.17) is 11.6 Å². The zero-order valence-electron chi connectivity index (χ0n) is 6.69. The predicted molar refractivity (Wildman–Crippen MR) is 48.8 cm³/mol. The fourth-order valence-corrected chi connectivity index (χ4v) is 1.52. The first-order valence-electron chi connectivity index (χ1n) is 3.79. The van der Waals surface area contributed by atoms with Gasteiger partial charge in [-0.15, -0.1) is 0 Å². The molecule has 1 aliphatic heterocycles. The summed E-state index contributed by atoms with van der Waals surface area (Å²) in [6.45, 7) is 0.916. The van der Waals surface area contributed by atoms with Crippen LogP contribution < -0.4 is 10.6 Å². The largest absolute Gasteiger partial charge is 0.373 e. The lowest BCUT2D eigenvalue weighted by Crippen LogP contribution is -1.99. The quantitative estimate of drug-likeness (QED) is 0.643. The molecule has 2 N–H and O–H groups in total. The molecule has 0 saturated carbocycles. The van der Waals surface area contributed by atoms with E-state index < -0.39 is 0 Å². The van der Waals surface area contributed by atoms with E-state index in [0.717, 1.165) is 30.2 Å². The van der Waals surface area contributed by atoms with E-state index >= 15 is 0 Å². The summed E-state index contributed by atoms with van der Waals surface area (Å²) in [5, 5.41) is 6.42. The second-order valence-electron chi connectivity index (χ2n) is 2.60. The number of nitrogens with zero attached hydrogens (tertiary/aromatic N) is 2. The van der Waals surface area contributed by atoms with Crippen molar-refractivity contribution in [2.24, 2.45) is 0 Å². The third kappa shape index (κ3) is 1.08. The molecule has 0 unspecified atom stereocenters. The summed E-state index contributed by atoms with van der Waals surface area (Å²) in [7, 11) is 1.83. The molecular weight excluding hydrogens is 176 g/mol. The molecule has 5 heteroatoms. The number of halogens is 1. The van der Waals surface area contributed by atoms with E-state index in [1.165, 1.54) is 0 Å². The van der Waals surface area contributed by atoms with Crippen molar-refractivity contribution in [1.82, 2.24) is 9.97 Å². The molecule has 0 amide bonds. The molecule has 0 fully saturated rings. The van der Waals surface area contributed by atoms with Gasteiger partial charge in [0, 0.05) is 19.2 Å². The van der Waals surface area contributed by atoms with Crippen LogP contribution >= 0.6 is 11.6 Å². The highest BCUT2D eigenvalue weighted by Gasteiger charge is 2.17. The molecule has 0 atom stereocenters. The fourth-order valence-electron chi connectivity index (χ4n) is 1.35. The van der Waals surface area contributed by atoms with Gasteiger partial charge in [0.25, 0.3) is 0 Å². The highest BCUT2D eigenvalue weighted by atomic mass is 35.5. The molecule has 1 aliphatic rings. The number of aromatic nitrogens is 2. The van der Waals surface area contributed by atoms with Gasteiger partial charge in [0.05, 0.1) is 0 Å². The van der Waals surface area contributed by atoms with Crippen molar-refractivity contribution in [3.63, 3.8) is 0 Å².